The first-order chi connectivity index (χ1) is 6.98. The van der Waals surface area contributed by atoms with Gasteiger partial charge >= 0.3 is 5.97 Å². The molecule has 0 aliphatic heterocycles. The summed E-state index contributed by atoms with van der Waals surface area (Å²) in [5.74, 6) is -0.275. The van der Waals surface area contributed by atoms with E-state index in [0.29, 0.717) is 6.61 Å². The maximum atomic E-state index is 11.7. The van der Waals surface area contributed by atoms with E-state index in [1.54, 1.807) is 13.8 Å². The Kier molecular flexibility index (Phi) is 4.34. The maximum Gasteiger partial charge on any atom is 0.327 e. The summed E-state index contributed by atoms with van der Waals surface area (Å²) in [6.45, 7) is 3.96. The number of benzene rings is 1. The van der Waals surface area contributed by atoms with Crippen LogP contribution < -0.4 is 0 Å². The molecule has 2 nitrogen and oxygen atoms in total. The minimum atomic E-state index is -0.785. The number of alkyl halides is 1. The zero-order chi connectivity index (χ0) is 11.5. The fraction of sp³-hybridized carbons (Fsp3) is 0.364. The Morgan fingerprint density at radius 2 is 2.20 bits per heavy atom. The first kappa shape index (κ1) is 12.7. The van der Waals surface area contributed by atoms with Crippen molar-refractivity contribution in [3.8, 4) is 0 Å². The number of ether oxygens (including phenoxy) is 1. The molecule has 0 fully saturated rings. The van der Waals surface area contributed by atoms with Gasteiger partial charge in [0.15, 0.2) is 0 Å². The summed E-state index contributed by atoms with van der Waals surface area (Å²) < 4.78 is 5.15. The zero-order valence-electron chi connectivity index (χ0n) is 8.59. The molecule has 1 aromatic carbocycles. The van der Waals surface area contributed by atoms with Crippen molar-refractivity contribution in [3.05, 3.63) is 34.3 Å². The molecule has 0 heterocycles. The van der Waals surface area contributed by atoms with Gasteiger partial charge in [0, 0.05) is 4.47 Å². The summed E-state index contributed by atoms with van der Waals surface area (Å²) >= 11 is 6.77. The predicted octanol–water partition coefficient (Wildman–Crippen LogP) is 3.62. The van der Waals surface area contributed by atoms with Crippen LogP contribution >= 0.6 is 31.9 Å². The van der Waals surface area contributed by atoms with Crippen LogP contribution in [0.4, 0.5) is 0 Å². The Labute approximate surface area is 106 Å². The lowest BCUT2D eigenvalue weighted by Gasteiger charge is -2.20. The minimum absolute atomic E-state index is 0.275. The second-order valence-corrected chi connectivity index (χ2v) is 5.74. The lowest BCUT2D eigenvalue weighted by molar-refractivity contribution is -0.145. The Morgan fingerprint density at radius 3 is 2.73 bits per heavy atom. The Bertz CT molecular complexity index is 361. The number of carbonyl (C=O) groups is 1. The predicted molar refractivity (Wildman–Crippen MR) is 67.1 cm³/mol. The number of rotatable bonds is 3. The van der Waals surface area contributed by atoms with Crippen LogP contribution in [0.5, 0.6) is 0 Å². The van der Waals surface area contributed by atoms with Crippen molar-refractivity contribution in [2.45, 2.75) is 18.2 Å². The number of hydrogen-bond donors (Lipinski definition) is 0. The van der Waals surface area contributed by atoms with Crippen molar-refractivity contribution >= 4 is 37.8 Å². The third kappa shape index (κ3) is 3.05. The van der Waals surface area contributed by atoms with E-state index in [2.05, 4.69) is 31.9 Å². The second-order valence-electron chi connectivity index (χ2n) is 3.23. The molecule has 1 unspecified atom stereocenters. The average molecular weight is 336 g/mol. The van der Waals surface area contributed by atoms with Crippen molar-refractivity contribution in [2.75, 3.05) is 6.61 Å². The van der Waals surface area contributed by atoms with Crippen LogP contribution in [0.3, 0.4) is 0 Å². The molecular weight excluding hydrogens is 324 g/mol. The van der Waals surface area contributed by atoms with Gasteiger partial charge in [0.05, 0.1) is 6.61 Å². The van der Waals surface area contributed by atoms with Gasteiger partial charge in [0.1, 0.15) is 4.32 Å². The monoisotopic (exact) mass is 334 g/mol. The van der Waals surface area contributed by atoms with E-state index in [1.165, 1.54) is 0 Å². The third-order valence-electron chi connectivity index (χ3n) is 2.03. The molecular formula is C11H12Br2O2. The zero-order valence-corrected chi connectivity index (χ0v) is 11.8. The number of halogens is 2. The van der Waals surface area contributed by atoms with Crippen LogP contribution in [0.1, 0.15) is 19.4 Å². The van der Waals surface area contributed by atoms with E-state index in [1.807, 2.05) is 24.3 Å². The van der Waals surface area contributed by atoms with E-state index < -0.39 is 4.32 Å². The van der Waals surface area contributed by atoms with Gasteiger partial charge in [-0.15, -0.1) is 0 Å². The highest BCUT2D eigenvalue weighted by molar-refractivity contribution is 9.10. The van der Waals surface area contributed by atoms with Gasteiger partial charge in [0.2, 0.25) is 0 Å². The molecule has 0 amide bonds. The van der Waals surface area contributed by atoms with Crippen LogP contribution in [0.2, 0.25) is 0 Å². The van der Waals surface area contributed by atoms with Crippen LogP contribution in [0, 0.1) is 0 Å². The lowest BCUT2D eigenvalue weighted by Crippen LogP contribution is -2.27. The fourth-order valence-corrected chi connectivity index (χ4v) is 1.93. The molecule has 15 heavy (non-hydrogen) atoms. The number of carbonyl (C=O) groups excluding carboxylic acids is 1. The molecule has 0 saturated carbocycles. The Hall–Kier alpha value is -0.350. The first-order valence-electron chi connectivity index (χ1n) is 4.60. The first-order valence-corrected chi connectivity index (χ1v) is 6.19. The molecule has 0 aliphatic rings. The largest absolute Gasteiger partial charge is 0.465 e. The summed E-state index contributed by atoms with van der Waals surface area (Å²) in [6.07, 6.45) is 0. The maximum absolute atomic E-state index is 11.7. The lowest BCUT2D eigenvalue weighted by atomic mass is 10.0. The minimum Gasteiger partial charge on any atom is -0.465 e. The molecule has 4 heteroatoms. The standard InChI is InChI=1S/C11H12Br2O2/c1-3-15-10(14)11(2,13)8-5-4-6-9(12)7-8/h4-7H,3H2,1-2H3. The average Bonchev–Trinajstić information content (AvgIpc) is 2.18. The van der Waals surface area contributed by atoms with Gasteiger partial charge in [-0.1, -0.05) is 44.0 Å². The smallest absolute Gasteiger partial charge is 0.327 e. The summed E-state index contributed by atoms with van der Waals surface area (Å²) in [6, 6.07) is 7.58. The highest BCUT2D eigenvalue weighted by atomic mass is 79.9. The Morgan fingerprint density at radius 1 is 1.53 bits per heavy atom. The number of hydrogen-bond acceptors (Lipinski definition) is 2. The normalized spacial score (nSPS) is 14.4. The van der Waals surface area contributed by atoms with E-state index >= 15 is 0 Å². The molecule has 0 bridgehead atoms. The van der Waals surface area contributed by atoms with Gasteiger partial charge in [-0.3, -0.25) is 4.79 Å². The highest BCUT2D eigenvalue weighted by Gasteiger charge is 2.33. The SMILES string of the molecule is CCOC(=O)C(C)(Br)c1cccc(Br)c1. The van der Waals surface area contributed by atoms with Crippen molar-refractivity contribution in [1.82, 2.24) is 0 Å². The van der Waals surface area contributed by atoms with Crippen molar-refractivity contribution < 1.29 is 9.53 Å². The van der Waals surface area contributed by atoms with Crippen LogP contribution in [0.15, 0.2) is 28.7 Å². The van der Waals surface area contributed by atoms with E-state index in [0.717, 1.165) is 10.0 Å². The molecule has 0 aliphatic carbocycles. The van der Waals surface area contributed by atoms with Crippen LogP contribution in [-0.2, 0) is 13.9 Å². The van der Waals surface area contributed by atoms with E-state index in [4.69, 9.17) is 4.74 Å². The molecule has 1 atom stereocenters. The van der Waals surface area contributed by atoms with E-state index in [9.17, 15) is 4.79 Å². The van der Waals surface area contributed by atoms with Crippen LogP contribution in [-0.4, -0.2) is 12.6 Å². The van der Waals surface area contributed by atoms with Gasteiger partial charge in [-0.25, -0.2) is 0 Å². The quantitative estimate of drug-likeness (QED) is 0.623. The summed E-state index contributed by atoms with van der Waals surface area (Å²) in [5, 5.41) is 0. The second kappa shape index (κ2) is 5.12. The Balaban J connectivity index is 2.99. The van der Waals surface area contributed by atoms with Gasteiger partial charge in [0.25, 0.3) is 0 Å². The third-order valence-corrected chi connectivity index (χ3v) is 3.30. The van der Waals surface area contributed by atoms with Gasteiger partial charge in [-0.05, 0) is 31.5 Å². The van der Waals surface area contributed by atoms with Crippen molar-refractivity contribution in [2.24, 2.45) is 0 Å². The molecule has 82 valence electrons. The van der Waals surface area contributed by atoms with Crippen molar-refractivity contribution in [3.63, 3.8) is 0 Å². The molecule has 0 spiro atoms. The van der Waals surface area contributed by atoms with Crippen LogP contribution in [0.25, 0.3) is 0 Å². The topological polar surface area (TPSA) is 26.3 Å². The van der Waals surface area contributed by atoms with Crippen molar-refractivity contribution in [1.29, 1.82) is 0 Å². The van der Waals surface area contributed by atoms with E-state index in [-0.39, 0.29) is 5.97 Å². The molecule has 0 N–H and O–H groups in total. The molecule has 0 radical (unpaired) electrons. The molecule has 0 aromatic heterocycles. The fourth-order valence-electron chi connectivity index (χ4n) is 1.16. The van der Waals surface area contributed by atoms with Gasteiger partial charge in [-0.2, -0.15) is 0 Å². The molecule has 0 saturated heterocycles. The molecule has 1 rings (SSSR count). The summed E-state index contributed by atoms with van der Waals surface area (Å²) in [7, 11) is 0. The molecule has 1 aromatic rings. The van der Waals surface area contributed by atoms with Gasteiger partial charge < -0.3 is 4.74 Å². The summed E-state index contributed by atoms with van der Waals surface area (Å²) in [5.41, 5.74) is 0.871. The number of esters is 1. The highest BCUT2D eigenvalue weighted by Crippen LogP contribution is 2.33. The summed E-state index contributed by atoms with van der Waals surface area (Å²) in [4.78, 5) is 11.7.